The number of carbonyl (C=O) groups excluding carboxylic acids is 3. The number of para-hydroxylation sites is 2. The first-order chi connectivity index (χ1) is 13.5. The van der Waals surface area contributed by atoms with Crippen LogP contribution in [0.15, 0.2) is 48.5 Å². The van der Waals surface area contributed by atoms with Gasteiger partial charge in [0.2, 0.25) is 5.91 Å². The number of nitrogens with one attached hydrogen (secondary N) is 1. The van der Waals surface area contributed by atoms with E-state index in [0.717, 1.165) is 6.42 Å². The maximum Gasteiger partial charge on any atom is 0.338 e. The molecule has 0 spiro atoms. The van der Waals surface area contributed by atoms with Gasteiger partial charge in [-0.3, -0.25) is 9.59 Å². The molecule has 3 rings (SSSR count). The SMILES string of the molecule is CCCOC(=O)c1ccc(NC(=O)C2CN(C(C)=O)c3ccccc3O2)cc1. The fourth-order valence-corrected chi connectivity index (χ4v) is 2.86. The molecule has 7 nitrogen and oxygen atoms in total. The summed E-state index contributed by atoms with van der Waals surface area (Å²) >= 11 is 0. The van der Waals surface area contributed by atoms with Gasteiger partial charge in [0.15, 0.2) is 6.10 Å². The molecule has 1 aliphatic heterocycles. The monoisotopic (exact) mass is 382 g/mol. The summed E-state index contributed by atoms with van der Waals surface area (Å²) in [5, 5.41) is 2.76. The van der Waals surface area contributed by atoms with Crippen molar-refractivity contribution in [2.75, 3.05) is 23.4 Å². The fraction of sp³-hybridized carbons (Fsp3) is 0.286. The maximum atomic E-state index is 12.6. The molecule has 1 unspecified atom stereocenters. The number of hydrogen-bond donors (Lipinski definition) is 1. The highest BCUT2D eigenvalue weighted by Gasteiger charge is 2.32. The number of anilines is 2. The van der Waals surface area contributed by atoms with E-state index >= 15 is 0 Å². The summed E-state index contributed by atoms with van der Waals surface area (Å²) in [5.74, 6) is -0.451. The van der Waals surface area contributed by atoms with Gasteiger partial charge in [-0.05, 0) is 42.8 Å². The largest absolute Gasteiger partial charge is 0.476 e. The molecule has 0 saturated carbocycles. The number of carbonyl (C=O) groups is 3. The van der Waals surface area contributed by atoms with Crippen LogP contribution in [0.5, 0.6) is 5.75 Å². The van der Waals surface area contributed by atoms with Crippen molar-refractivity contribution in [3.05, 3.63) is 54.1 Å². The van der Waals surface area contributed by atoms with Crippen molar-refractivity contribution >= 4 is 29.2 Å². The lowest BCUT2D eigenvalue weighted by Crippen LogP contribution is -2.48. The number of fused-ring (bicyclic) bond motifs is 1. The molecule has 0 saturated heterocycles. The Kier molecular flexibility index (Phi) is 5.93. The van der Waals surface area contributed by atoms with E-state index in [1.807, 2.05) is 13.0 Å². The number of amides is 2. The van der Waals surface area contributed by atoms with Crippen LogP contribution in [-0.2, 0) is 14.3 Å². The summed E-state index contributed by atoms with van der Waals surface area (Å²) in [7, 11) is 0. The number of rotatable bonds is 5. The van der Waals surface area contributed by atoms with Crippen molar-refractivity contribution in [1.82, 2.24) is 0 Å². The summed E-state index contributed by atoms with van der Waals surface area (Å²) in [5.41, 5.74) is 1.58. The lowest BCUT2D eigenvalue weighted by Gasteiger charge is -2.33. The lowest BCUT2D eigenvalue weighted by atomic mass is 10.1. The minimum Gasteiger partial charge on any atom is -0.476 e. The van der Waals surface area contributed by atoms with E-state index in [0.29, 0.717) is 29.3 Å². The van der Waals surface area contributed by atoms with E-state index in [1.165, 1.54) is 11.8 Å². The van der Waals surface area contributed by atoms with Gasteiger partial charge in [0.25, 0.3) is 5.91 Å². The Bertz CT molecular complexity index is 879. The fourth-order valence-electron chi connectivity index (χ4n) is 2.86. The van der Waals surface area contributed by atoms with E-state index < -0.39 is 12.1 Å². The number of esters is 1. The summed E-state index contributed by atoms with van der Waals surface area (Å²) < 4.78 is 10.8. The van der Waals surface area contributed by atoms with Crippen molar-refractivity contribution in [2.45, 2.75) is 26.4 Å². The van der Waals surface area contributed by atoms with E-state index in [-0.39, 0.29) is 18.4 Å². The summed E-state index contributed by atoms with van der Waals surface area (Å²) in [6, 6.07) is 13.5. The molecular weight excluding hydrogens is 360 g/mol. The number of ether oxygens (including phenoxy) is 2. The van der Waals surface area contributed by atoms with Gasteiger partial charge >= 0.3 is 5.97 Å². The van der Waals surface area contributed by atoms with Crippen molar-refractivity contribution in [2.24, 2.45) is 0 Å². The molecule has 0 bridgehead atoms. The van der Waals surface area contributed by atoms with Crippen LogP contribution in [0.3, 0.4) is 0 Å². The maximum absolute atomic E-state index is 12.6. The normalized spacial score (nSPS) is 15.2. The van der Waals surface area contributed by atoms with Crippen LogP contribution in [0.4, 0.5) is 11.4 Å². The van der Waals surface area contributed by atoms with Crippen LogP contribution in [0.1, 0.15) is 30.6 Å². The first-order valence-electron chi connectivity index (χ1n) is 9.11. The Morgan fingerprint density at radius 3 is 2.54 bits per heavy atom. The predicted octanol–water partition coefficient (Wildman–Crippen LogP) is 3.01. The molecule has 1 N–H and O–H groups in total. The third-order valence-corrected chi connectivity index (χ3v) is 4.27. The quantitative estimate of drug-likeness (QED) is 0.804. The van der Waals surface area contributed by atoms with Crippen LogP contribution in [-0.4, -0.2) is 37.0 Å². The number of hydrogen-bond acceptors (Lipinski definition) is 5. The van der Waals surface area contributed by atoms with Gasteiger partial charge in [0.1, 0.15) is 5.75 Å². The molecule has 2 aromatic rings. The average Bonchev–Trinajstić information content (AvgIpc) is 2.71. The molecule has 0 radical (unpaired) electrons. The van der Waals surface area contributed by atoms with Crippen LogP contribution < -0.4 is 15.0 Å². The third-order valence-electron chi connectivity index (χ3n) is 4.27. The molecule has 1 atom stereocenters. The van der Waals surface area contributed by atoms with E-state index in [2.05, 4.69) is 5.32 Å². The second kappa shape index (κ2) is 8.56. The third kappa shape index (κ3) is 4.31. The summed E-state index contributed by atoms with van der Waals surface area (Å²) in [4.78, 5) is 38.0. The number of benzene rings is 2. The van der Waals surface area contributed by atoms with Gasteiger partial charge in [-0.25, -0.2) is 4.79 Å². The number of nitrogens with zero attached hydrogens (tertiary/aromatic N) is 1. The Morgan fingerprint density at radius 1 is 1.14 bits per heavy atom. The van der Waals surface area contributed by atoms with Gasteiger partial charge in [0, 0.05) is 12.6 Å². The summed E-state index contributed by atoms with van der Waals surface area (Å²) in [6.07, 6.45) is -0.0882. The molecule has 0 fully saturated rings. The Hall–Kier alpha value is -3.35. The standard InChI is InChI=1S/C21H22N2O5/c1-3-12-27-21(26)15-8-10-16(11-9-15)22-20(25)19-13-23(14(2)24)17-6-4-5-7-18(17)28-19/h4-11,19H,3,12-13H2,1-2H3,(H,22,25). The molecule has 1 heterocycles. The minimum atomic E-state index is -0.840. The first-order valence-corrected chi connectivity index (χ1v) is 9.11. The molecule has 28 heavy (non-hydrogen) atoms. The van der Waals surface area contributed by atoms with Crippen molar-refractivity contribution in [3.8, 4) is 5.75 Å². The second-order valence-corrected chi connectivity index (χ2v) is 6.41. The van der Waals surface area contributed by atoms with E-state index in [4.69, 9.17) is 9.47 Å². The summed E-state index contributed by atoms with van der Waals surface area (Å²) in [6.45, 7) is 3.86. The van der Waals surface area contributed by atoms with E-state index in [1.54, 1.807) is 42.5 Å². The Balaban J connectivity index is 1.68. The molecule has 0 aliphatic carbocycles. The first kappa shape index (κ1) is 19.4. The Morgan fingerprint density at radius 2 is 1.86 bits per heavy atom. The molecule has 0 aromatic heterocycles. The minimum absolute atomic E-state index is 0.125. The highest BCUT2D eigenvalue weighted by atomic mass is 16.5. The molecule has 7 heteroatoms. The van der Waals surface area contributed by atoms with Gasteiger partial charge in [-0.1, -0.05) is 19.1 Å². The molecule has 2 amide bonds. The van der Waals surface area contributed by atoms with Crippen molar-refractivity contribution in [1.29, 1.82) is 0 Å². The zero-order valence-electron chi connectivity index (χ0n) is 15.8. The molecule has 146 valence electrons. The Labute approximate surface area is 163 Å². The van der Waals surface area contributed by atoms with Crippen LogP contribution in [0, 0.1) is 0 Å². The van der Waals surface area contributed by atoms with Crippen LogP contribution >= 0.6 is 0 Å². The molecule has 2 aromatic carbocycles. The molecular formula is C21H22N2O5. The lowest BCUT2D eigenvalue weighted by molar-refractivity contribution is -0.123. The van der Waals surface area contributed by atoms with Crippen LogP contribution in [0.25, 0.3) is 0 Å². The van der Waals surface area contributed by atoms with Crippen LogP contribution in [0.2, 0.25) is 0 Å². The van der Waals surface area contributed by atoms with Gasteiger partial charge in [0.05, 0.1) is 24.4 Å². The second-order valence-electron chi connectivity index (χ2n) is 6.41. The van der Waals surface area contributed by atoms with Gasteiger partial charge in [-0.2, -0.15) is 0 Å². The van der Waals surface area contributed by atoms with Crippen molar-refractivity contribution < 1.29 is 23.9 Å². The zero-order chi connectivity index (χ0) is 20.1. The highest BCUT2D eigenvalue weighted by Crippen LogP contribution is 2.33. The topological polar surface area (TPSA) is 84.9 Å². The van der Waals surface area contributed by atoms with Gasteiger partial charge in [-0.15, -0.1) is 0 Å². The van der Waals surface area contributed by atoms with Gasteiger partial charge < -0.3 is 19.7 Å². The zero-order valence-corrected chi connectivity index (χ0v) is 15.8. The van der Waals surface area contributed by atoms with Crippen molar-refractivity contribution in [3.63, 3.8) is 0 Å². The molecule has 1 aliphatic rings. The highest BCUT2D eigenvalue weighted by molar-refractivity contribution is 5.99. The smallest absolute Gasteiger partial charge is 0.338 e. The average molecular weight is 382 g/mol. The predicted molar refractivity (Wildman–Crippen MR) is 105 cm³/mol. The van der Waals surface area contributed by atoms with E-state index in [9.17, 15) is 14.4 Å².